The largest absolute Gasteiger partial charge is 0.289 e. The Hall–Kier alpha value is -2.27. The number of rotatable bonds is 4. The molecule has 0 aliphatic carbocycles. The summed E-state index contributed by atoms with van der Waals surface area (Å²) in [5.74, 6) is -0.155. The number of non-ortho nitro benzene ring substituents is 1. The van der Waals surface area contributed by atoms with Crippen molar-refractivity contribution < 1.29 is 9.72 Å². The molecule has 0 fully saturated rings. The van der Waals surface area contributed by atoms with E-state index in [9.17, 15) is 14.9 Å². The van der Waals surface area contributed by atoms with E-state index in [-0.39, 0.29) is 11.5 Å². The summed E-state index contributed by atoms with van der Waals surface area (Å²) in [7, 11) is 0. The second kappa shape index (κ2) is 6.25. The Bertz CT molecular complexity index is 695. The number of nitro groups is 1. The van der Waals surface area contributed by atoms with Crippen LogP contribution in [0.1, 0.15) is 15.9 Å². The maximum absolute atomic E-state index is 11.9. The van der Waals surface area contributed by atoms with E-state index in [1.54, 1.807) is 36.4 Å². The minimum Gasteiger partial charge on any atom is -0.289 e. The van der Waals surface area contributed by atoms with Crippen LogP contribution in [0.2, 0.25) is 0 Å². The minimum absolute atomic E-state index is 0.00190. The molecule has 0 bridgehead atoms. The number of carbonyl (C=O) groups excluding carboxylic acids is 1. The van der Waals surface area contributed by atoms with Crippen molar-refractivity contribution in [2.24, 2.45) is 0 Å². The summed E-state index contributed by atoms with van der Waals surface area (Å²) in [5.41, 5.74) is 1.17. The number of halogens is 1. The monoisotopic (exact) mass is 331 g/mol. The van der Waals surface area contributed by atoms with Gasteiger partial charge in [-0.15, -0.1) is 0 Å². The van der Waals surface area contributed by atoms with E-state index in [1.807, 2.05) is 6.07 Å². The van der Waals surface area contributed by atoms with Crippen LogP contribution in [-0.4, -0.2) is 10.7 Å². The van der Waals surface area contributed by atoms with Gasteiger partial charge in [-0.25, -0.2) is 0 Å². The van der Waals surface area contributed by atoms with Gasteiger partial charge in [0.2, 0.25) is 0 Å². The van der Waals surface area contributed by atoms with Gasteiger partial charge in [0, 0.05) is 22.2 Å². The Morgan fingerprint density at radius 3 is 2.60 bits per heavy atom. The topological polar surface area (TPSA) is 60.2 Å². The van der Waals surface area contributed by atoms with Crippen LogP contribution in [0.3, 0.4) is 0 Å². The Labute approximate surface area is 124 Å². The minimum atomic E-state index is -0.465. The number of allylic oxidation sites excluding steroid dienone is 1. The smallest absolute Gasteiger partial charge is 0.270 e. The van der Waals surface area contributed by atoms with Crippen molar-refractivity contribution in [3.8, 4) is 0 Å². The zero-order chi connectivity index (χ0) is 14.5. The third kappa shape index (κ3) is 3.61. The van der Waals surface area contributed by atoms with Gasteiger partial charge >= 0.3 is 0 Å². The van der Waals surface area contributed by atoms with Crippen LogP contribution in [0.4, 0.5) is 5.69 Å². The lowest BCUT2D eigenvalue weighted by atomic mass is 10.1. The predicted molar refractivity (Wildman–Crippen MR) is 80.6 cm³/mol. The van der Waals surface area contributed by atoms with Gasteiger partial charge in [-0.2, -0.15) is 0 Å². The molecule has 0 amide bonds. The highest BCUT2D eigenvalue weighted by Crippen LogP contribution is 2.16. The molecule has 0 aromatic heterocycles. The zero-order valence-corrected chi connectivity index (χ0v) is 11.9. The highest BCUT2D eigenvalue weighted by Gasteiger charge is 2.05. The molecule has 0 N–H and O–H groups in total. The van der Waals surface area contributed by atoms with Gasteiger partial charge in [-0.3, -0.25) is 14.9 Å². The molecule has 0 unspecified atom stereocenters. The van der Waals surface area contributed by atoms with Gasteiger partial charge in [0.1, 0.15) is 0 Å². The van der Waals surface area contributed by atoms with E-state index in [0.717, 1.165) is 4.47 Å². The summed E-state index contributed by atoms with van der Waals surface area (Å²) in [5, 5.41) is 10.7. The van der Waals surface area contributed by atoms with Crippen molar-refractivity contribution in [1.29, 1.82) is 0 Å². The Kier molecular flexibility index (Phi) is 4.42. The van der Waals surface area contributed by atoms with Crippen molar-refractivity contribution in [1.82, 2.24) is 0 Å². The van der Waals surface area contributed by atoms with Gasteiger partial charge in [-0.05, 0) is 23.8 Å². The van der Waals surface area contributed by atoms with Crippen molar-refractivity contribution >= 4 is 33.5 Å². The first kappa shape index (κ1) is 14.1. The fraction of sp³-hybridized carbons (Fsp3) is 0. The lowest BCUT2D eigenvalue weighted by molar-refractivity contribution is -0.384. The summed E-state index contributed by atoms with van der Waals surface area (Å²) in [6, 6.07) is 13.2. The molecular weight excluding hydrogens is 322 g/mol. The molecule has 2 aromatic rings. The summed E-state index contributed by atoms with van der Waals surface area (Å²) in [6.07, 6.45) is 2.97. The lowest BCUT2D eigenvalue weighted by Gasteiger charge is -1.97. The molecule has 0 aliphatic rings. The van der Waals surface area contributed by atoms with Gasteiger partial charge in [0.25, 0.3) is 5.69 Å². The quantitative estimate of drug-likeness (QED) is 0.364. The first-order chi connectivity index (χ1) is 9.56. The highest BCUT2D eigenvalue weighted by molar-refractivity contribution is 9.10. The first-order valence-corrected chi connectivity index (χ1v) is 6.58. The maximum Gasteiger partial charge on any atom is 0.270 e. The third-order valence-electron chi connectivity index (χ3n) is 2.62. The molecule has 0 atom stereocenters. The normalized spacial score (nSPS) is 10.7. The first-order valence-electron chi connectivity index (χ1n) is 5.79. The van der Waals surface area contributed by atoms with E-state index in [0.29, 0.717) is 11.1 Å². The van der Waals surface area contributed by atoms with E-state index in [2.05, 4.69) is 15.9 Å². The number of nitrogens with zero attached hydrogens (tertiary/aromatic N) is 1. The summed E-state index contributed by atoms with van der Waals surface area (Å²) >= 11 is 3.30. The number of ketones is 1. The van der Waals surface area contributed by atoms with E-state index < -0.39 is 4.92 Å². The number of carbonyl (C=O) groups is 1. The SMILES string of the molecule is O=C(/C=C/c1cccc([N+](=O)[O-])c1)c1cccc(Br)c1. The number of hydrogen-bond donors (Lipinski definition) is 0. The van der Waals surface area contributed by atoms with Crippen LogP contribution in [0.15, 0.2) is 59.1 Å². The molecule has 100 valence electrons. The molecule has 0 saturated carbocycles. The number of benzene rings is 2. The molecule has 0 aliphatic heterocycles. The second-order valence-electron chi connectivity index (χ2n) is 4.06. The molecule has 2 rings (SSSR count). The standard InChI is InChI=1S/C15H10BrNO3/c16-13-5-2-4-12(10-13)15(18)8-7-11-3-1-6-14(9-11)17(19)20/h1-10H/b8-7+. The fourth-order valence-electron chi connectivity index (χ4n) is 1.65. The van der Waals surface area contributed by atoms with E-state index in [4.69, 9.17) is 0 Å². The van der Waals surface area contributed by atoms with Crippen LogP contribution in [0.5, 0.6) is 0 Å². The van der Waals surface area contributed by atoms with Crippen LogP contribution in [-0.2, 0) is 0 Å². The van der Waals surface area contributed by atoms with Crippen molar-refractivity contribution in [2.45, 2.75) is 0 Å². The van der Waals surface area contributed by atoms with Crippen molar-refractivity contribution in [2.75, 3.05) is 0 Å². The Balaban J connectivity index is 2.19. The average Bonchev–Trinajstić information content (AvgIpc) is 2.45. The summed E-state index contributed by atoms with van der Waals surface area (Å²) < 4.78 is 0.826. The molecule has 0 spiro atoms. The van der Waals surface area contributed by atoms with E-state index in [1.165, 1.54) is 18.2 Å². The second-order valence-corrected chi connectivity index (χ2v) is 4.98. The molecule has 2 aromatic carbocycles. The van der Waals surface area contributed by atoms with Crippen LogP contribution < -0.4 is 0 Å². The molecule has 0 heterocycles. The van der Waals surface area contributed by atoms with Crippen molar-refractivity contribution in [3.05, 3.63) is 80.3 Å². The van der Waals surface area contributed by atoms with Gasteiger partial charge < -0.3 is 0 Å². The average molecular weight is 332 g/mol. The van der Waals surface area contributed by atoms with Crippen LogP contribution in [0.25, 0.3) is 6.08 Å². The molecule has 20 heavy (non-hydrogen) atoms. The molecule has 5 heteroatoms. The molecule has 0 radical (unpaired) electrons. The van der Waals surface area contributed by atoms with Crippen LogP contribution >= 0.6 is 15.9 Å². The summed E-state index contributed by atoms with van der Waals surface area (Å²) in [4.78, 5) is 22.1. The number of nitro benzene ring substituents is 1. The van der Waals surface area contributed by atoms with Crippen LogP contribution in [0, 0.1) is 10.1 Å². The highest BCUT2D eigenvalue weighted by atomic mass is 79.9. The lowest BCUT2D eigenvalue weighted by Crippen LogP contribution is -1.93. The van der Waals surface area contributed by atoms with Gasteiger partial charge in [-0.1, -0.05) is 46.3 Å². The van der Waals surface area contributed by atoms with Gasteiger partial charge in [0.05, 0.1) is 4.92 Å². The van der Waals surface area contributed by atoms with Crippen molar-refractivity contribution in [3.63, 3.8) is 0 Å². The maximum atomic E-state index is 11.9. The Morgan fingerprint density at radius 2 is 1.90 bits per heavy atom. The third-order valence-corrected chi connectivity index (χ3v) is 3.11. The van der Waals surface area contributed by atoms with E-state index >= 15 is 0 Å². The zero-order valence-electron chi connectivity index (χ0n) is 10.3. The fourth-order valence-corrected chi connectivity index (χ4v) is 2.05. The molecule has 0 saturated heterocycles. The summed E-state index contributed by atoms with van der Waals surface area (Å²) in [6.45, 7) is 0. The molecular formula is C15H10BrNO3. The Morgan fingerprint density at radius 1 is 1.15 bits per heavy atom. The van der Waals surface area contributed by atoms with Gasteiger partial charge in [0.15, 0.2) is 5.78 Å². The predicted octanol–water partition coefficient (Wildman–Crippen LogP) is 4.25. The molecule has 4 nitrogen and oxygen atoms in total. The number of hydrogen-bond acceptors (Lipinski definition) is 3.